The molecule has 2 aromatic carbocycles. The van der Waals surface area contributed by atoms with Crippen molar-refractivity contribution < 1.29 is 14.3 Å². The number of benzene rings is 2. The molecule has 0 aliphatic carbocycles. The predicted molar refractivity (Wildman–Crippen MR) is 142 cm³/mol. The first-order valence-electron chi connectivity index (χ1n) is 11.6. The van der Waals surface area contributed by atoms with E-state index >= 15 is 0 Å². The van der Waals surface area contributed by atoms with Crippen LogP contribution in [0.15, 0.2) is 66.3 Å². The minimum absolute atomic E-state index is 0.124. The first-order chi connectivity index (χ1) is 16.8. The summed E-state index contributed by atoms with van der Waals surface area (Å²) in [5.41, 5.74) is 2.05. The van der Waals surface area contributed by atoms with Crippen LogP contribution in [-0.2, 0) is 23.2 Å². The standard InChI is InChI=1S/C27H34N4O3S/c1-6-17-31-24(12-9-18-34-21-15-13-20(14-16-21)27(2,3)4)29-30-26(31)35-19-25(32)28-22-10-7-8-11-23(22)33-5/h6-8,10-11,13-16H,1,9,12,17-19H2,2-5H3,(H,28,32). The minimum atomic E-state index is -0.139. The summed E-state index contributed by atoms with van der Waals surface area (Å²) in [6, 6.07) is 15.6. The van der Waals surface area contributed by atoms with Gasteiger partial charge in [-0.3, -0.25) is 4.79 Å². The van der Waals surface area contributed by atoms with Crippen LogP contribution in [0.25, 0.3) is 0 Å². The molecule has 0 aliphatic heterocycles. The Kier molecular flexibility index (Phi) is 9.37. The maximum absolute atomic E-state index is 12.5. The first-order valence-corrected chi connectivity index (χ1v) is 12.6. The number of methoxy groups -OCH3 is 1. The normalized spacial score (nSPS) is 11.2. The number of carbonyl (C=O) groups is 1. The molecular formula is C27H34N4O3S. The Labute approximate surface area is 211 Å². The van der Waals surface area contributed by atoms with Crippen LogP contribution in [0.2, 0.25) is 0 Å². The molecule has 1 amide bonds. The summed E-state index contributed by atoms with van der Waals surface area (Å²) in [6.07, 6.45) is 3.32. The van der Waals surface area contributed by atoms with Crippen LogP contribution in [0.4, 0.5) is 5.69 Å². The van der Waals surface area contributed by atoms with Crippen LogP contribution in [0.1, 0.15) is 38.6 Å². The Morgan fingerprint density at radius 1 is 1.14 bits per heavy atom. The average molecular weight is 495 g/mol. The van der Waals surface area contributed by atoms with Crippen molar-refractivity contribution in [3.63, 3.8) is 0 Å². The fraction of sp³-hybridized carbons (Fsp3) is 0.370. The molecule has 0 unspecified atom stereocenters. The van der Waals surface area contributed by atoms with Gasteiger partial charge in [0.15, 0.2) is 5.16 Å². The molecule has 0 saturated carbocycles. The molecule has 0 saturated heterocycles. The van der Waals surface area contributed by atoms with Gasteiger partial charge in [0.05, 0.1) is 25.2 Å². The number of ether oxygens (including phenoxy) is 2. The number of thioether (sulfide) groups is 1. The Morgan fingerprint density at radius 3 is 2.57 bits per heavy atom. The maximum atomic E-state index is 12.5. The minimum Gasteiger partial charge on any atom is -0.495 e. The van der Waals surface area contributed by atoms with E-state index in [1.807, 2.05) is 28.8 Å². The van der Waals surface area contributed by atoms with Crippen molar-refractivity contribution in [3.8, 4) is 11.5 Å². The molecule has 35 heavy (non-hydrogen) atoms. The van der Waals surface area contributed by atoms with Crippen molar-refractivity contribution in [1.82, 2.24) is 14.8 Å². The third-order valence-corrected chi connectivity index (χ3v) is 6.32. The zero-order valence-electron chi connectivity index (χ0n) is 20.9. The summed E-state index contributed by atoms with van der Waals surface area (Å²) in [7, 11) is 1.58. The SMILES string of the molecule is C=CCn1c(CCCOc2ccc(C(C)(C)C)cc2)nnc1SCC(=O)Nc1ccccc1OC. The second-order valence-corrected chi connectivity index (χ2v) is 10.0. The summed E-state index contributed by atoms with van der Waals surface area (Å²) in [6.45, 7) is 11.6. The number of hydrogen-bond acceptors (Lipinski definition) is 6. The first kappa shape index (κ1) is 26.3. The number of hydrogen-bond donors (Lipinski definition) is 1. The van der Waals surface area contributed by atoms with E-state index in [0.29, 0.717) is 29.7 Å². The van der Waals surface area contributed by atoms with Gasteiger partial charge in [-0.2, -0.15) is 0 Å². The highest BCUT2D eigenvalue weighted by molar-refractivity contribution is 7.99. The van der Waals surface area contributed by atoms with E-state index in [1.54, 1.807) is 25.3 Å². The van der Waals surface area contributed by atoms with Gasteiger partial charge in [-0.25, -0.2) is 0 Å². The maximum Gasteiger partial charge on any atom is 0.234 e. The van der Waals surface area contributed by atoms with Gasteiger partial charge < -0.3 is 19.4 Å². The summed E-state index contributed by atoms with van der Waals surface area (Å²) in [5, 5.41) is 12.2. The number of para-hydroxylation sites is 2. The van der Waals surface area contributed by atoms with Crippen LogP contribution >= 0.6 is 11.8 Å². The van der Waals surface area contributed by atoms with E-state index in [1.165, 1.54) is 17.3 Å². The lowest BCUT2D eigenvalue weighted by Crippen LogP contribution is -2.15. The van der Waals surface area contributed by atoms with E-state index in [0.717, 1.165) is 24.4 Å². The van der Waals surface area contributed by atoms with E-state index in [-0.39, 0.29) is 17.1 Å². The lowest BCUT2D eigenvalue weighted by molar-refractivity contribution is -0.113. The highest BCUT2D eigenvalue weighted by Crippen LogP contribution is 2.25. The zero-order chi connectivity index (χ0) is 25.3. The number of anilines is 1. The number of carbonyl (C=O) groups excluding carboxylic acids is 1. The van der Waals surface area contributed by atoms with E-state index < -0.39 is 0 Å². The van der Waals surface area contributed by atoms with E-state index in [9.17, 15) is 4.79 Å². The number of nitrogens with zero attached hydrogens (tertiary/aromatic N) is 3. The predicted octanol–water partition coefficient (Wildman–Crippen LogP) is 5.51. The molecule has 0 radical (unpaired) electrons. The Morgan fingerprint density at radius 2 is 1.89 bits per heavy atom. The summed E-state index contributed by atoms with van der Waals surface area (Å²) >= 11 is 1.35. The van der Waals surface area contributed by atoms with Gasteiger partial charge >= 0.3 is 0 Å². The number of rotatable bonds is 12. The van der Waals surface area contributed by atoms with Crippen LogP contribution in [-0.4, -0.2) is 40.1 Å². The molecule has 8 heteroatoms. The molecular weight excluding hydrogens is 460 g/mol. The number of aromatic nitrogens is 3. The monoisotopic (exact) mass is 494 g/mol. The van der Waals surface area contributed by atoms with Crippen LogP contribution < -0.4 is 14.8 Å². The molecule has 0 atom stereocenters. The summed E-state index contributed by atoms with van der Waals surface area (Å²) in [5.74, 6) is 2.41. The number of nitrogens with one attached hydrogen (secondary N) is 1. The van der Waals surface area contributed by atoms with Gasteiger partial charge in [0.2, 0.25) is 5.91 Å². The Bertz CT molecular complexity index is 1120. The van der Waals surface area contributed by atoms with Crippen molar-refractivity contribution in [2.75, 3.05) is 24.8 Å². The van der Waals surface area contributed by atoms with Crippen molar-refractivity contribution in [3.05, 3.63) is 72.6 Å². The van der Waals surface area contributed by atoms with Crippen LogP contribution in [0, 0.1) is 0 Å². The van der Waals surface area contributed by atoms with Gasteiger partial charge in [0, 0.05) is 13.0 Å². The molecule has 0 aliphatic rings. The van der Waals surface area contributed by atoms with Crippen LogP contribution in [0.3, 0.4) is 0 Å². The smallest absolute Gasteiger partial charge is 0.234 e. The lowest BCUT2D eigenvalue weighted by atomic mass is 9.87. The average Bonchev–Trinajstić information content (AvgIpc) is 3.22. The highest BCUT2D eigenvalue weighted by Gasteiger charge is 2.15. The van der Waals surface area contributed by atoms with Crippen LogP contribution in [0.5, 0.6) is 11.5 Å². The molecule has 186 valence electrons. The largest absolute Gasteiger partial charge is 0.495 e. The van der Waals surface area contributed by atoms with Gasteiger partial charge in [0.25, 0.3) is 0 Å². The topological polar surface area (TPSA) is 78.3 Å². The van der Waals surface area contributed by atoms with Crippen molar-refractivity contribution in [1.29, 1.82) is 0 Å². The Hall–Kier alpha value is -3.26. The third-order valence-electron chi connectivity index (χ3n) is 5.35. The van der Waals surface area contributed by atoms with Gasteiger partial charge in [-0.15, -0.1) is 16.8 Å². The Balaban J connectivity index is 1.51. The van der Waals surface area contributed by atoms with E-state index in [2.05, 4.69) is 55.0 Å². The fourth-order valence-corrected chi connectivity index (χ4v) is 4.23. The van der Waals surface area contributed by atoms with Gasteiger partial charge in [-0.05, 0) is 41.7 Å². The zero-order valence-corrected chi connectivity index (χ0v) is 21.7. The molecule has 3 aromatic rings. The molecule has 3 rings (SSSR count). The quantitative estimate of drug-likeness (QED) is 0.203. The van der Waals surface area contributed by atoms with E-state index in [4.69, 9.17) is 9.47 Å². The van der Waals surface area contributed by atoms with Crippen molar-refractivity contribution >= 4 is 23.4 Å². The van der Waals surface area contributed by atoms with Crippen molar-refractivity contribution in [2.24, 2.45) is 0 Å². The molecule has 1 N–H and O–H groups in total. The second-order valence-electron chi connectivity index (χ2n) is 9.06. The van der Waals surface area contributed by atoms with Crippen molar-refractivity contribution in [2.45, 2.75) is 50.7 Å². The van der Waals surface area contributed by atoms with Gasteiger partial charge in [0.1, 0.15) is 17.3 Å². The molecule has 1 heterocycles. The molecule has 7 nitrogen and oxygen atoms in total. The third kappa shape index (κ3) is 7.62. The lowest BCUT2D eigenvalue weighted by Gasteiger charge is -2.19. The number of allylic oxidation sites excluding steroid dienone is 1. The molecule has 0 fully saturated rings. The molecule has 1 aromatic heterocycles. The highest BCUT2D eigenvalue weighted by atomic mass is 32.2. The van der Waals surface area contributed by atoms with Gasteiger partial charge in [-0.1, -0.05) is 62.9 Å². The summed E-state index contributed by atoms with van der Waals surface area (Å²) < 4.78 is 13.2. The fourth-order valence-electron chi connectivity index (χ4n) is 3.46. The molecule has 0 spiro atoms. The second kappa shape index (κ2) is 12.4. The summed E-state index contributed by atoms with van der Waals surface area (Å²) in [4.78, 5) is 12.5. The number of aryl methyl sites for hydroxylation is 1. The molecule has 0 bridgehead atoms. The number of amides is 1.